The van der Waals surface area contributed by atoms with E-state index in [4.69, 9.17) is 5.73 Å². The van der Waals surface area contributed by atoms with Gasteiger partial charge in [-0.3, -0.25) is 4.68 Å². The van der Waals surface area contributed by atoms with Gasteiger partial charge in [0, 0.05) is 18.3 Å². The predicted molar refractivity (Wildman–Crippen MR) is 40.9 cm³/mol. The number of hydrogen-bond donors (Lipinski definition) is 1. The van der Waals surface area contributed by atoms with E-state index in [9.17, 15) is 13.2 Å². The maximum absolute atomic E-state index is 12.2. The second-order valence-corrected chi connectivity index (χ2v) is 2.83. The molecule has 13 heavy (non-hydrogen) atoms. The molecule has 0 amide bonds. The number of hydrogen-bond acceptors (Lipinski definition) is 2. The first-order chi connectivity index (χ1) is 5.84. The summed E-state index contributed by atoms with van der Waals surface area (Å²) in [6, 6.07) is -1.94. The van der Waals surface area contributed by atoms with Crippen LogP contribution in [0.2, 0.25) is 0 Å². The quantitative estimate of drug-likeness (QED) is 0.730. The van der Waals surface area contributed by atoms with Crippen molar-refractivity contribution in [2.24, 2.45) is 12.8 Å². The first-order valence-electron chi connectivity index (χ1n) is 3.65. The van der Waals surface area contributed by atoms with Crippen molar-refractivity contribution in [3.8, 4) is 0 Å². The number of halogens is 3. The zero-order chi connectivity index (χ0) is 10.2. The fraction of sp³-hybridized carbons (Fsp3) is 0.571. The molecule has 0 spiro atoms. The number of nitrogens with zero attached hydrogens (tertiary/aromatic N) is 2. The third-order valence-electron chi connectivity index (χ3n) is 1.96. The Morgan fingerprint density at radius 2 is 2.08 bits per heavy atom. The van der Waals surface area contributed by atoms with Crippen molar-refractivity contribution in [2.45, 2.75) is 19.1 Å². The second-order valence-electron chi connectivity index (χ2n) is 2.83. The highest BCUT2D eigenvalue weighted by molar-refractivity contribution is 5.21. The summed E-state index contributed by atoms with van der Waals surface area (Å²) in [7, 11) is 1.57. The lowest BCUT2D eigenvalue weighted by Gasteiger charge is -2.14. The molecule has 6 heteroatoms. The molecule has 1 atom stereocenters. The summed E-state index contributed by atoms with van der Waals surface area (Å²) in [5, 5.41) is 3.69. The highest BCUT2D eigenvalue weighted by Gasteiger charge is 2.39. The van der Waals surface area contributed by atoms with Gasteiger partial charge in [0.1, 0.15) is 6.04 Å². The molecule has 1 aromatic rings. The summed E-state index contributed by atoms with van der Waals surface area (Å²) in [6.45, 7) is 1.55. The number of aryl methyl sites for hydroxylation is 1. The highest BCUT2D eigenvalue weighted by Crippen LogP contribution is 2.31. The van der Waals surface area contributed by atoms with Crippen LogP contribution in [0.1, 0.15) is 17.3 Å². The minimum Gasteiger partial charge on any atom is -0.316 e. The van der Waals surface area contributed by atoms with E-state index >= 15 is 0 Å². The largest absolute Gasteiger partial charge is 0.407 e. The summed E-state index contributed by atoms with van der Waals surface area (Å²) in [5.41, 5.74) is 5.47. The SMILES string of the molecule is Cc1c(C(N)C(F)(F)F)cnn1C. The molecule has 0 aliphatic heterocycles. The molecule has 0 saturated carbocycles. The Bertz CT molecular complexity index is 302. The van der Waals surface area contributed by atoms with Gasteiger partial charge in [-0.1, -0.05) is 0 Å². The van der Waals surface area contributed by atoms with Crippen LogP contribution in [0.25, 0.3) is 0 Å². The Morgan fingerprint density at radius 3 is 2.38 bits per heavy atom. The van der Waals surface area contributed by atoms with Crippen LogP contribution in [0.5, 0.6) is 0 Å². The van der Waals surface area contributed by atoms with Gasteiger partial charge in [0.25, 0.3) is 0 Å². The molecule has 1 unspecified atom stereocenters. The number of alkyl halides is 3. The summed E-state index contributed by atoms with van der Waals surface area (Å²) < 4.78 is 37.8. The minimum absolute atomic E-state index is 0.0231. The fourth-order valence-corrected chi connectivity index (χ4v) is 0.997. The van der Waals surface area contributed by atoms with Crippen molar-refractivity contribution in [1.82, 2.24) is 9.78 Å². The van der Waals surface area contributed by atoms with Gasteiger partial charge >= 0.3 is 6.18 Å². The maximum Gasteiger partial charge on any atom is 0.407 e. The van der Waals surface area contributed by atoms with Crippen LogP contribution < -0.4 is 5.73 Å². The summed E-state index contributed by atoms with van der Waals surface area (Å²) in [5.74, 6) is 0. The third kappa shape index (κ3) is 1.82. The minimum atomic E-state index is -4.41. The standard InChI is InChI=1S/C7H10F3N3/c1-4-5(3-12-13(4)2)6(11)7(8,9)10/h3,6H,11H2,1-2H3. The number of nitrogens with two attached hydrogens (primary N) is 1. The summed E-state index contributed by atoms with van der Waals surface area (Å²) in [4.78, 5) is 0. The topological polar surface area (TPSA) is 43.8 Å². The molecule has 0 aliphatic carbocycles. The first-order valence-corrected chi connectivity index (χ1v) is 3.65. The maximum atomic E-state index is 12.2. The van der Waals surface area contributed by atoms with Gasteiger partial charge in [0.2, 0.25) is 0 Å². The average molecular weight is 193 g/mol. The van der Waals surface area contributed by atoms with E-state index in [2.05, 4.69) is 5.10 Å². The average Bonchev–Trinajstić information content (AvgIpc) is 2.30. The molecule has 74 valence electrons. The van der Waals surface area contributed by atoms with Crippen LogP contribution in [0, 0.1) is 6.92 Å². The van der Waals surface area contributed by atoms with Gasteiger partial charge < -0.3 is 5.73 Å². The van der Waals surface area contributed by atoms with Crippen molar-refractivity contribution in [1.29, 1.82) is 0 Å². The van der Waals surface area contributed by atoms with Gasteiger partial charge in [-0.15, -0.1) is 0 Å². The Labute approximate surface area is 73.3 Å². The third-order valence-corrected chi connectivity index (χ3v) is 1.96. The Morgan fingerprint density at radius 1 is 1.54 bits per heavy atom. The molecular formula is C7H10F3N3. The molecule has 3 nitrogen and oxygen atoms in total. The van der Waals surface area contributed by atoms with Crippen molar-refractivity contribution < 1.29 is 13.2 Å². The normalized spacial score (nSPS) is 14.6. The van der Waals surface area contributed by atoms with Crippen molar-refractivity contribution in [2.75, 3.05) is 0 Å². The molecule has 0 aromatic carbocycles. The van der Waals surface area contributed by atoms with E-state index in [1.165, 1.54) is 4.68 Å². The van der Waals surface area contributed by atoms with E-state index in [1.54, 1.807) is 14.0 Å². The van der Waals surface area contributed by atoms with Crippen LogP contribution in [0.3, 0.4) is 0 Å². The fourth-order valence-electron chi connectivity index (χ4n) is 0.997. The van der Waals surface area contributed by atoms with Gasteiger partial charge in [-0.25, -0.2) is 0 Å². The van der Waals surface area contributed by atoms with Crippen molar-refractivity contribution >= 4 is 0 Å². The molecule has 0 aliphatic rings. The van der Waals surface area contributed by atoms with E-state index in [0.717, 1.165) is 6.20 Å². The summed E-state index contributed by atoms with van der Waals surface area (Å²) in [6.07, 6.45) is -3.26. The number of aromatic nitrogens is 2. The molecule has 0 bridgehead atoms. The molecule has 0 saturated heterocycles. The van der Waals surface area contributed by atoms with Crippen LogP contribution >= 0.6 is 0 Å². The molecular weight excluding hydrogens is 183 g/mol. The lowest BCUT2D eigenvalue weighted by molar-refractivity contribution is -0.149. The molecule has 2 N–H and O–H groups in total. The van der Waals surface area contributed by atoms with Gasteiger partial charge in [0.15, 0.2) is 0 Å². The van der Waals surface area contributed by atoms with Crippen molar-refractivity contribution in [3.63, 3.8) is 0 Å². The van der Waals surface area contributed by atoms with E-state index in [1.807, 2.05) is 0 Å². The predicted octanol–water partition coefficient (Wildman–Crippen LogP) is 1.29. The van der Waals surface area contributed by atoms with Gasteiger partial charge in [0.05, 0.1) is 6.20 Å². The highest BCUT2D eigenvalue weighted by atomic mass is 19.4. The van der Waals surface area contributed by atoms with Crippen LogP contribution in [-0.4, -0.2) is 16.0 Å². The molecule has 1 rings (SSSR count). The number of rotatable bonds is 1. The van der Waals surface area contributed by atoms with Crippen molar-refractivity contribution in [3.05, 3.63) is 17.5 Å². The smallest absolute Gasteiger partial charge is 0.316 e. The van der Waals surface area contributed by atoms with Gasteiger partial charge in [-0.2, -0.15) is 18.3 Å². The lowest BCUT2D eigenvalue weighted by atomic mass is 10.1. The van der Waals surface area contributed by atoms with Crippen LogP contribution in [-0.2, 0) is 7.05 Å². The zero-order valence-corrected chi connectivity index (χ0v) is 7.26. The monoisotopic (exact) mass is 193 g/mol. The molecule has 1 heterocycles. The Kier molecular flexibility index (Phi) is 2.34. The Hall–Kier alpha value is -1.04. The first kappa shape index (κ1) is 10.0. The molecule has 1 aromatic heterocycles. The molecule has 0 radical (unpaired) electrons. The van der Waals surface area contributed by atoms with Gasteiger partial charge in [-0.05, 0) is 6.92 Å². The van der Waals surface area contributed by atoms with E-state index in [-0.39, 0.29) is 5.56 Å². The van der Waals surface area contributed by atoms with E-state index < -0.39 is 12.2 Å². The van der Waals surface area contributed by atoms with Crippen LogP contribution in [0.15, 0.2) is 6.20 Å². The second kappa shape index (κ2) is 3.02. The lowest BCUT2D eigenvalue weighted by Crippen LogP contribution is -2.28. The zero-order valence-electron chi connectivity index (χ0n) is 7.26. The summed E-state index contributed by atoms with van der Waals surface area (Å²) >= 11 is 0. The molecule has 0 fully saturated rings. The van der Waals surface area contributed by atoms with Crippen LogP contribution in [0.4, 0.5) is 13.2 Å². The Balaban J connectivity index is 3.02. The van der Waals surface area contributed by atoms with E-state index in [0.29, 0.717) is 5.69 Å².